The molecule has 0 fully saturated rings. The number of ketones is 1. The van der Waals surface area contributed by atoms with Gasteiger partial charge in [0.15, 0.2) is 6.61 Å². The molecule has 0 N–H and O–H groups in total. The smallest absolute Gasteiger partial charge is 0.350 e. The highest BCUT2D eigenvalue weighted by molar-refractivity contribution is 7.17. The van der Waals surface area contributed by atoms with Crippen LogP contribution < -0.4 is 0 Å². The molecule has 0 aliphatic heterocycles. The Hall–Kier alpha value is -2.86. The fourth-order valence-electron chi connectivity index (χ4n) is 2.72. The van der Waals surface area contributed by atoms with Crippen LogP contribution in [-0.2, 0) is 4.74 Å². The van der Waals surface area contributed by atoms with Crippen molar-refractivity contribution < 1.29 is 14.3 Å². The average Bonchev–Trinajstić information content (AvgIpc) is 3.05. The van der Waals surface area contributed by atoms with Gasteiger partial charge in [0.1, 0.15) is 9.88 Å². The van der Waals surface area contributed by atoms with Crippen LogP contribution in [0.2, 0.25) is 0 Å². The number of pyridine rings is 1. The van der Waals surface area contributed by atoms with Crippen molar-refractivity contribution in [1.82, 2.24) is 9.97 Å². The number of Topliss-reactive ketones (excluding diaryl/α,β-unsaturated/α-hetero) is 1. The molecule has 0 amide bonds. The Bertz CT molecular complexity index is 1010. The minimum atomic E-state index is -0.540. The minimum absolute atomic E-state index is 0.212. The van der Waals surface area contributed by atoms with E-state index in [-0.39, 0.29) is 12.4 Å². The molecule has 138 valence electrons. The molecule has 0 aliphatic rings. The number of aryl methyl sites for hydroxylation is 4. The van der Waals surface area contributed by atoms with E-state index in [1.807, 2.05) is 51.1 Å². The van der Waals surface area contributed by atoms with Crippen molar-refractivity contribution in [2.24, 2.45) is 0 Å². The van der Waals surface area contributed by atoms with Gasteiger partial charge in [-0.1, -0.05) is 12.1 Å². The third kappa shape index (κ3) is 4.11. The number of hydrogen-bond acceptors (Lipinski definition) is 6. The Labute approximate surface area is 162 Å². The molecule has 0 aliphatic carbocycles. The van der Waals surface area contributed by atoms with E-state index in [2.05, 4.69) is 9.97 Å². The largest absolute Gasteiger partial charge is 0.453 e. The van der Waals surface area contributed by atoms with Gasteiger partial charge in [-0.25, -0.2) is 9.78 Å². The quantitative estimate of drug-likeness (QED) is 0.482. The Kier molecular flexibility index (Phi) is 5.46. The molecule has 0 radical (unpaired) electrons. The maximum atomic E-state index is 12.5. The lowest BCUT2D eigenvalue weighted by Gasteiger charge is -2.09. The third-order valence-corrected chi connectivity index (χ3v) is 5.50. The molecule has 6 heteroatoms. The Morgan fingerprint density at radius 3 is 2.48 bits per heavy atom. The fraction of sp³-hybridized carbons (Fsp3) is 0.238. The van der Waals surface area contributed by atoms with Crippen LogP contribution in [0, 0.1) is 27.7 Å². The summed E-state index contributed by atoms with van der Waals surface area (Å²) in [6.07, 6.45) is 1.68. The Balaban J connectivity index is 1.72. The number of nitrogens with zero attached hydrogens (tertiary/aromatic N) is 2. The summed E-state index contributed by atoms with van der Waals surface area (Å²) < 4.78 is 5.26. The van der Waals surface area contributed by atoms with Crippen molar-refractivity contribution >= 4 is 23.1 Å². The number of thiazole rings is 1. The molecule has 0 atom stereocenters. The Morgan fingerprint density at radius 1 is 1.04 bits per heavy atom. The summed E-state index contributed by atoms with van der Waals surface area (Å²) in [5.74, 6) is -0.752. The molecule has 0 saturated heterocycles. The van der Waals surface area contributed by atoms with Crippen LogP contribution in [0.3, 0.4) is 0 Å². The molecule has 2 aromatic heterocycles. The number of rotatable bonds is 5. The normalized spacial score (nSPS) is 10.7. The summed E-state index contributed by atoms with van der Waals surface area (Å²) in [5, 5.41) is 0.649. The van der Waals surface area contributed by atoms with E-state index in [4.69, 9.17) is 4.74 Å². The molecule has 3 rings (SSSR count). The van der Waals surface area contributed by atoms with Crippen LogP contribution in [-0.4, -0.2) is 28.3 Å². The number of aromatic nitrogens is 2. The van der Waals surface area contributed by atoms with E-state index in [1.54, 1.807) is 13.1 Å². The van der Waals surface area contributed by atoms with Crippen molar-refractivity contribution in [3.05, 3.63) is 69.4 Å². The van der Waals surface area contributed by atoms with Crippen LogP contribution in [0.5, 0.6) is 0 Å². The molecular weight excluding hydrogens is 360 g/mol. The summed E-state index contributed by atoms with van der Waals surface area (Å²) >= 11 is 1.22. The standard InChI is InChI=1S/C21H20N2O3S/c1-12-9-14(3)16(10-13(12)2)18(24)11-26-21(25)19-15(4)23-20(27-19)17-7-5-6-8-22-17/h5-10H,11H2,1-4H3. The lowest BCUT2D eigenvalue weighted by atomic mass is 9.98. The van der Waals surface area contributed by atoms with E-state index < -0.39 is 5.97 Å². The van der Waals surface area contributed by atoms with E-state index in [1.165, 1.54) is 11.3 Å². The summed E-state index contributed by atoms with van der Waals surface area (Å²) in [7, 11) is 0. The van der Waals surface area contributed by atoms with Gasteiger partial charge >= 0.3 is 5.97 Å². The second-order valence-corrected chi connectivity index (χ2v) is 7.40. The van der Waals surface area contributed by atoms with Gasteiger partial charge in [-0.3, -0.25) is 9.78 Å². The van der Waals surface area contributed by atoms with Gasteiger partial charge in [-0.05, 0) is 62.6 Å². The number of carbonyl (C=O) groups is 2. The van der Waals surface area contributed by atoms with Gasteiger partial charge in [0.2, 0.25) is 5.78 Å². The van der Waals surface area contributed by atoms with Gasteiger partial charge in [0.25, 0.3) is 0 Å². The number of ether oxygens (including phenoxy) is 1. The number of carbonyl (C=O) groups excluding carboxylic acids is 2. The van der Waals surface area contributed by atoms with Crippen molar-refractivity contribution in [1.29, 1.82) is 0 Å². The monoisotopic (exact) mass is 380 g/mol. The lowest BCUT2D eigenvalue weighted by Crippen LogP contribution is -2.15. The zero-order valence-corrected chi connectivity index (χ0v) is 16.5. The van der Waals surface area contributed by atoms with E-state index >= 15 is 0 Å². The number of hydrogen-bond donors (Lipinski definition) is 0. The summed E-state index contributed by atoms with van der Waals surface area (Å²) in [6.45, 7) is 7.29. The molecule has 27 heavy (non-hydrogen) atoms. The minimum Gasteiger partial charge on any atom is -0.453 e. The van der Waals surface area contributed by atoms with Crippen molar-refractivity contribution in [3.63, 3.8) is 0 Å². The molecule has 2 heterocycles. The van der Waals surface area contributed by atoms with Gasteiger partial charge in [-0.15, -0.1) is 11.3 Å². The first-order chi connectivity index (χ1) is 12.9. The van der Waals surface area contributed by atoms with E-state index in [9.17, 15) is 9.59 Å². The molecule has 0 saturated carbocycles. The number of benzene rings is 1. The SMILES string of the molecule is Cc1cc(C)c(C(=O)COC(=O)c2sc(-c3ccccn3)nc2C)cc1C. The first kappa shape index (κ1) is 18.9. The van der Waals surface area contributed by atoms with Crippen molar-refractivity contribution in [2.75, 3.05) is 6.61 Å². The van der Waals surface area contributed by atoms with Gasteiger partial charge in [0.05, 0.1) is 11.4 Å². The van der Waals surface area contributed by atoms with Crippen molar-refractivity contribution in [2.45, 2.75) is 27.7 Å². The fourth-order valence-corrected chi connectivity index (χ4v) is 3.66. The Morgan fingerprint density at radius 2 is 1.78 bits per heavy atom. The van der Waals surface area contributed by atoms with Crippen LogP contribution in [0.25, 0.3) is 10.7 Å². The van der Waals surface area contributed by atoms with Gasteiger partial charge < -0.3 is 4.74 Å². The summed E-state index contributed by atoms with van der Waals surface area (Å²) in [6, 6.07) is 9.33. The second-order valence-electron chi connectivity index (χ2n) is 6.40. The molecule has 1 aromatic carbocycles. The molecule has 0 unspecified atom stereocenters. The summed E-state index contributed by atoms with van der Waals surface area (Å²) in [4.78, 5) is 33.9. The highest BCUT2D eigenvalue weighted by atomic mass is 32.1. The predicted molar refractivity (Wildman–Crippen MR) is 105 cm³/mol. The van der Waals surface area contributed by atoms with Gasteiger partial charge in [-0.2, -0.15) is 0 Å². The maximum absolute atomic E-state index is 12.5. The van der Waals surface area contributed by atoms with Crippen LogP contribution in [0.15, 0.2) is 36.5 Å². The third-order valence-electron chi connectivity index (χ3n) is 4.34. The highest BCUT2D eigenvalue weighted by Gasteiger charge is 2.20. The molecule has 0 bridgehead atoms. The first-order valence-electron chi connectivity index (χ1n) is 8.54. The average molecular weight is 380 g/mol. The van der Waals surface area contributed by atoms with E-state index in [0.29, 0.717) is 26.8 Å². The number of esters is 1. The lowest BCUT2D eigenvalue weighted by molar-refractivity contribution is 0.0478. The molecule has 5 nitrogen and oxygen atoms in total. The molecule has 3 aromatic rings. The predicted octanol–water partition coefficient (Wildman–Crippen LogP) is 4.48. The highest BCUT2D eigenvalue weighted by Crippen LogP contribution is 2.27. The first-order valence-corrected chi connectivity index (χ1v) is 9.35. The summed E-state index contributed by atoms with van der Waals surface area (Å²) in [5.41, 5.74) is 4.90. The van der Waals surface area contributed by atoms with Crippen LogP contribution >= 0.6 is 11.3 Å². The zero-order valence-electron chi connectivity index (χ0n) is 15.7. The van der Waals surface area contributed by atoms with E-state index in [0.717, 1.165) is 16.7 Å². The molecule has 0 spiro atoms. The van der Waals surface area contributed by atoms with Crippen LogP contribution in [0.1, 0.15) is 42.4 Å². The second kappa shape index (κ2) is 7.80. The zero-order chi connectivity index (χ0) is 19.6. The maximum Gasteiger partial charge on any atom is 0.350 e. The molecular formula is C21H20N2O3S. The topological polar surface area (TPSA) is 69.2 Å². The van der Waals surface area contributed by atoms with Crippen molar-refractivity contribution in [3.8, 4) is 10.7 Å². The van der Waals surface area contributed by atoms with Crippen LogP contribution in [0.4, 0.5) is 0 Å². The van der Waals surface area contributed by atoms with Gasteiger partial charge in [0, 0.05) is 11.8 Å².